The Morgan fingerprint density at radius 3 is 1.23 bits per heavy atom. The fraction of sp³-hybridized carbons (Fsp3) is 0.720. The molecule has 2 N–H and O–H groups in total. The molecule has 1 saturated heterocycles. The van der Waals surface area contributed by atoms with E-state index in [2.05, 4.69) is 10.1 Å². The minimum absolute atomic E-state index is 0. The van der Waals surface area contributed by atoms with Crippen LogP contribution in [0.1, 0.15) is 107 Å². The van der Waals surface area contributed by atoms with Crippen LogP contribution in [0, 0.1) is 0 Å². The summed E-state index contributed by atoms with van der Waals surface area (Å²) in [6.45, 7) is 9.14. The molecule has 0 aromatic carbocycles. The second kappa shape index (κ2) is 35.7. The molecule has 208 valence electrons. The van der Waals surface area contributed by atoms with E-state index in [1.54, 1.807) is 13.8 Å². The standard InChI is InChI=1S/2C8H14O2.C3H5NO.2C2H4O2.2CH4/c2*1-3-8(10)6-4-5-7(2)9;5-3-1-2-4-3;1-4-2-3;1-2(3)4;;/h2*3-6H2,1-2H3;1-2H2,(H,4,5);2H,1H3;1H3,(H,3,4);2*1H4. The number of carbonyl (C=O) groups is 7. The van der Waals surface area contributed by atoms with Crippen LogP contribution >= 0.6 is 0 Å². The van der Waals surface area contributed by atoms with Crippen LogP contribution in [0.4, 0.5) is 0 Å². The largest absolute Gasteiger partial charge is 0.481 e. The number of aliphatic carboxylic acids is 1. The maximum absolute atomic E-state index is 10.7. The lowest BCUT2D eigenvalue weighted by Gasteiger charge is -2.10. The first-order valence-electron chi connectivity index (χ1n) is 10.8. The van der Waals surface area contributed by atoms with Crippen LogP contribution in [0.3, 0.4) is 0 Å². The molecule has 0 unspecified atom stereocenters. The summed E-state index contributed by atoms with van der Waals surface area (Å²) in [6, 6.07) is 0. The minimum Gasteiger partial charge on any atom is -0.481 e. The van der Waals surface area contributed by atoms with Gasteiger partial charge in [-0.05, 0) is 26.7 Å². The van der Waals surface area contributed by atoms with E-state index >= 15 is 0 Å². The number of methoxy groups -OCH3 is 1. The first-order chi connectivity index (χ1) is 15.4. The van der Waals surface area contributed by atoms with Gasteiger partial charge in [0.1, 0.15) is 23.1 Å². The highest BCUT2D eigenvalue weighted by atomic mass is 16.5. The van der Waals surface area contributed by atoms with Gasteiger partial charge in [-0.3, -0.25) is 24.0 Å². The van der Waals surface area contributed by atoms with Crippen molar-refractivity contribution in [2.45, 2.75) is 107 Å². The number of ether oxygens (including phenoxy) is 1. The molecule has 0 saturated carbocycles. The molecule has 10 heteroatoms. The van der Waals surface area contributed by atoms with Gasteiger partial charge < -0.3 is 24.7 Å². The molecule has 10 nitrogen and oxygen atoms in total. The van der Waals surface area contributed by atoms with Gasteiger partial charge in [-0.15, -0.1) is 0 Å². The average molecular weight is 508 g/mol. The minimum atomic E-state index is -0.833. The third-order valence-electron chi connectivity index (χ3n) is 3.53. The summed E-state index contributed by atoms with van der Waals surface area (Å²) in [5, 5.41) is 9.99. The highest BCUT2D eigenvalue weighted by Gasteiger charge is 2.07. The molecule has 1 fully saturated rings. The summed E-state index contributed by atoms with van der Waals surface area (Å²) >= 11 is 0. The van der Waals surface area contributed by atoms with E-state index in [1.807, 2.05) is 13.8 Å². The topological polar surface area (TPSA) is 161 Å². The quantitative estimate of drug-likeness (QED) is 0.309. The molecule has 1 heterocycles. The summed E-state index contributed by atoms with van der Waals surface area (Å²) in [5.41, 5.74) is 0. The number of Topliss-reactive ketones (excluding diaryl/α,β-unsaturated/α-hetero) is 4. The van der Waals surface area contributed by atoms with Crippen LogP contribution in [0.25, 0.3) is 0 Å². The zero-order valence-corrected chi connectivity index (χ0v) is 20.9. The van der Waals surface area contributed by atoms with E-state index in [9.17, 15) is 24.0 Å². The van der Waals surface area contributed by atoms with E-state index in [4.69, 9.17) is 14.7 Å². The monoisotopic (exact) mass is 507 g/mol. The molecule has 0 spiro atoms. The van der Waals surface area contributed by atoms with E-state index in [1.165, 1.54) is 7.11 Å². The molecule has 0 aliphatic carbocycles. The van der Waals surface area contributed by atoms with Crippen LogP contribution < -0.4 is 5.32 Å². The molecule has 1 amide bonds. The van der Waals surface area contributed by atoms with Gasteiger partial charge >= 0.3 is 0 Å². The Labute approximate surface area is 211 Å². The summed E-state index contributed by atoms with van der Waals surface area (Å²) in [5.74, 6) is 0.195. The number of carboxylic acid groups (broad SMARTS) is 1. The van der Waals surface area contributed by atoms with Gasteiger partial charge in [0.2, 0.25) is 5.91 Å². The van der Waals surface area contributed by atoms with E-state index in [0.717, 1.165) is 32.7 Å². The van der Waals surface area contributed by atoms with Crippen molar-refractivity contribution in [3.63, 3.8) is 0 Å². The van der Waals surface area contributed by atoms with Crippen LogP contribution in [0.15, 0.2) is 0 Å². The Morgan fingerprint density at radius 2 is 1.11 bits per heavy atom. The molecule has 0 bridgehead atoms. The molecule has 1 aliphatic rings. The van der Waals surface area contributed by atoms with Gasteiger partial charge in [0.25, 0.3) is 12.4 Å². The normalized spacial score (nSPS) is 9.60. The molecule has 0 aromatic rings. The van der Waals surface area contributed by atoms with E-state index in [-0.39, 0.29) is 43.9 Å². The second-order valence-corrected chi connectivity index (χ2v) is 6.85. The molecular formula is C25H49NO9. The van der Waals surface area contributed by atoms with Crippen molar-refractivity contribution in [2.24, 2.45) is 0 Å². The van der Waals surface area contributed by atoms with E-state index < -0.39 is 5.97 Å². The lowest BCUT2D eigenvalue weighted by molar-refractivity contribution is -0.134. The third kappa shape index (κ3) is 65.2. The first-order valence-corrected chi connectivity index (χ1v) is 10.8. The fourth-order valence-electron chi connectivity index (χ4n) is 1.65. The summed E-state index contributed by atoms with van der Waals surface area (Å²) < 4.78 is 3.86. The first kappa shape index (κ1) is 45.6. The SMILES string of the molecule is C.C.CC(=O)O.CCC(=O)CCCC(C)=O.CCC(=O)CCCC(C)=O.COC=O.O=C1CCN1. The van der Waals surface area contributed by atoms with E-state index in [0.29, 0.717) is 45.0 Å². The Hall–Kier alpha value is -2.91. The molecule has 0 aromatic heterocycles. The predicted molar refractivity (Wildman–Crippen MR) is 137 cm³/mol. The zero-order valence-electron chi connectivity index (χ0n) is 20.9. The molecule has 0 atom stereocenters. The highest BCUT2D eigenvalue weighted by molar-refractivity contribution is 5.81. The van der Waals surface area contributed by atoms with Gasteiger partial charge in [-0.1, -0.05) is 28.7 Å². The summed E-state index contributed by atoms with van der Waals surface area (Å²) in [7, 11) is 1.31. The fourth-order valence-corrected chi connectivity index (χ4v) is 1.65. The van der Waals surface area contributed by atoms with Gasteiger partial charge in [0.15, 0.2) is 0 Å². The van der Waals surface area contributed by atoms with Crippen LogP contribution in [0.5, 0.6) is 0 Å². The number of amides is 1. The Kier molecular flexibility index (Phi) is 46.4. The van der Waals surface area contributed by atoms with Gasteiger partial charge in [-0.25, -0.2) is 0 Å². The van der Waals surface area contributed by atoms with Crippen LogP contribution in [-0.2, 0) is 38.3 Å². The Bertz CT molecular complexity index is 545. The lowest BCUT2D eigenvalue weighted by atomic mass is 10.1. The maximum Gasteiger partial charge on any atom is 0.300 e. The molecule has 0 radical (unpaired) electrons. The lowest BCUT2D eigenvalue weighted by Crippen LogP contribution is -2.37. The number of hydrogen-bond acceptors (Lipinski definition) is 8. The molecular weight excluding hydrogens is 458 g/mol. The van der Waals surface area contributed by atoms with Crippen molar-refractivity contribution in [2.75, 3.05) is 13.7 Å². The molecule has 35 heavy (non-hydrogen) atoms. The van der Waals surface area contributed by atoms with Crippen molar-refractivity contribution in [1.82, 2.24) is 5.32 Å². The van der Waals surface area contributed by atoms with Crippen molar-refractivity contribution in [1.29, 1.82) is 0 Å². The number of ketones is 4. The van der Waals surface area contributed by atoms with Crippen molar-refractivity contribution in [3.8, 4) is 0 Å². The van der Waals surface area contributed by atoms with Gasteiger partial charge in [0.05, 0.1) is 7.11 Å². The van der Waals surface area contributed by atoms with Crippen molar-refractivity contribution >= 4 is 41.5 Å². The number of rotatable bonds is 11. The number of carboxylic acids is 1. The summed E-state index contributed by atoms with van der Waals surface area (Å²) in [6.07, 6.45) is 5.60. The second-order valence-electron chi connectivity index (χ2n) is 6.85. The average Bonchev–Trinajstić information content (AvgIpc) is 2.72. The summed E-state index contributed by atoms with van der Waals surface area (Å²) in [4.78, 5) is 69.9. The van der Waals surface area contributed by atoms with Gasteiger partial charge in [-0.2, -0.15) is 0 Å². The number of β-lactam (4-membered cyclic amide) rings is 1. The highest BCUT2D eigenvalue weighted by Crippen LogP contribution is 1.99. The Balaban J connectivity index is -0.0000000783. The smallest absolute Gasteiger partial charge is 0.300 e. The zero-order chi connectivity index (χ0) is 26.7. The van der Waals surface area contributed by atoms with Crippen LogP contribution in [0.2, 0.25) is 0 Å². The molecule has 1 aliphatic heterocycles. The van der Waals surface area contributed by atoms with Gasteiger partial charge in [0, 0.05) is 58.4 Å². The molecule has 1 rings (SSSR count). The maximum atomic E-state index is 10.7. The number of hydrogen-bond donors (Lipinski definition) is 2. The van der Waals surface area contributed by atoms with Crippen molar-refractivity contribution in [3.05, 3.63) is 0 Å². The third-order valence-corrected chi connectivity index (χ3v) is 3.53. The number of carbonyl (C=O) groups excluding carboxylic acids is 6. The van der Waals surface area contributed by atoms with Crippen LogP contribution in [-0.4, -0.2) is 60.2 Å². The predicted octanol–water partition coefficient (Wildman–Crippen LogP) is 4.11. The Morgan fingerprint density at radius 1 is 0.857 bits per heavy atom. The van der Waals surface area contributed by atoms with Crippen molar-refractivity contribution < 1.29 is 43.4 Å². The number of nitrogens with one attached hydrogen (secondary N) is 1.